The van der Waals surface area contributed by atoms with Gasteiger partial charge in [-0.15, -0.1) is 0 Å². The van der Waals surface area contributed by atoms with E-state index in [1.807, 2.05) is 19.9 Å². The summed E-state index contributed by atoms with van der Waals surface area (Å²) in [4.78, 5) is 13.7. The SMILES string of the molecule is CCOC1=N[C@H](C(C)C)C(OCC)=N[C@H]1Cc1c([Si](C)(C)C)[nH]c2cc(OC)ccc12. The number of nitrogens with one attached hydrogen (secondary N) is 1. The first-order valence-electron chi connectivity index (χ1n) is 11.3. The molecule has 0 unspecified atom stereocenters. The zero-order valence-corrected chi connectivity index (χ0v) is 21.2. The average Bonchev–Trinajstić information content (AvgIpc) is 3.08. The number of rotatable bonds is 7. The molecule has 1 aromatic heterocycles. The van der Waals surface area contributed by atoms with Gasteiger partial charge in [-0.05, 0) is 37.5 Å². The van der Waals surface area contributed by atoms with Crippen LogP contribution >= 0.6 is 0 Å². The van der Waals surface area contributed by atoms with Gasteiger partial charge in [-0.25, -0.2) is 9.98 Å². The van der Waals surface area contributed by atoms with Gasteiger partial charge in [0.25, 0.3) is 0 Å². The van der Waals surface area contributed by atoms with Crippen molar-refractivity contribution in [3.8, 4) is 5.75 Å². The second-order valence-corrected chi connectivity index (χ2v) is 14.3. The number of hydrogen-bond acceptors (Lipinski definition) is 5. The number of nitrogens with zero attached hydrogens (tertiary/aromatic N) is 2. The molecule has 0 amide bonds. The Bertz CT molecular complexity index is 972. The van der Waals surface area contributed by atoms with Crippen LogP contribution < -0.4 is 10.1 Å². The summed E-state index contributed by atoms with van der Waals surface area (Å²) in [7, 11) is 0.0669. The molecule has 31 heavy (non-hydrogen) atoms. The number of methoxy groups -OCH3 is 1. The van der Waals surface area contributed by atoms with Gasteiger partial charge >= 0.3 is 0 Å². The lowest BCUT2D eigenvalue weighted by atomic mass is 10.00. The molecule has 1 aliphatic rings. The Kier molecular flexibility index (Phi) is 7.14. The Hall–Kier alpha value is -2.28. The van der Waals surface area contributed by atoms with Gasteiger partial charge in [0.2, 0.25) is 11.8 Å². The number of ether oxygens (including phenoxy) is 3. The van der Waals surface area contributed by atoms with E-state index in [-0.39, 0.29) is 12.1 Å². The van der Waals surface area contributed by atoms with Gasteiger partial charge in [-0.1, -0.05) is 33.5 Å². The van der Waals surface area contributed by atoms with Crippen molar-refractivity contribution in [1.29, 1.82) is 0 Å². The fourth-order valence-electron chi connectivity index (χ4n) is 4.09. The minimum atomic E-state index is -1.63. The third kappa shape index (κ3) is 4.97. The zero-order valence-electron chi connectivity index (χ0n) is 20.2. The van der Waals surface area contributed by atoms with Crippen molar-refractivity contribution in [3.63, 3.8) is 0 Å². The quantitative estimate of drug-likeness (QED) is 0.639. The Balaban J connectivity index is 2.09. The molecule has 170 valence electrons. The topological polar surface area (TPSA) is 68.2 Å². The van der Waals surface area contributed by atoms with E-state index in [4.69, 9.17) is 24.2 Å². The van der Waals surface area contributed by atoms with Crippen LogP contribution in [0.25, 0.3) is 10.9 Å². The maximum absolute atomic E-state index is 5.99. The summed E-state index contributed by atoms with van der Waals surface area (Å²) >= 11 is 0. The minimum Gasteiger partial charge on any atom is -0.497 e. The lowest BCUT2D eigenvalue weighted by molar-refractivity contribution is 0.276. The van der Waals surface area contributed by atoms with E-state index in [9.17, 15) is 0 Å². The molecule has 1 aliphatic heterocycles. The van der Waals surface area contributed by atoms with Crippen molar-refractivity contribution in [3.05, 3.63) is 23.8 Å². The Morgan fingerprint density at radius 3 is 2.29 bits per heavy atom. The molecule has 0 spiro atoms. The van der Waals surface area contributed by atoms with E-state index < -0.39 is 8.07 Å². The maximum atomic E-state index is 5.99. The van der Waals surface area contributed by atoms with Crippen molar-refractivity contribution in [2.75, 3.05) is 20.3 Å². The summed E-state index contributed by atoms with van der Waals surface area (Å²) < 4.78 is 17.4. The van der Waals surface area contributed by atoms with Crippen LogP contribution in [0.2, 0.25) is 19.6 Å². The zero-order chi connectivity index (χ0) is 22.8. The van der Waals surface area contributed by atoms with Gasteiger partial charge in [0.15, 0.2) is 0 Å². The van der Waals surface area contributed by atoms with Crippen LogP contribution in [0.5, 0.6) is 5.75 Å². The molecular weight excluding hydrogens is 406 g/mol. The first kappa shape index (κ1) is 23.4. The number of fused-ring (bicyclic) bond motifs is 1. The molecule has 3 rings (SSSR count). The van der Waals surface area contributed by atoms with Crippen LogP contribution in [0, 0.1) is 5.92 Å². The molecule has 2 heterocycles. The lowest BCUT2D eigenvalue weighted by Crippen LogP contribution is -2.43. The molecule has 0 fully saturated rings. The number of H-pyrrole nitrogens is 1. The predicted octanol–water partition coefficient (Wildman–Crippen LogP) is 4.54. The number of aromatic nitrogens is 1. The van der Waals surface area contributed by atoms with Gasteiger partial charge < -0.3 is 19.2 Å². The summed E-state index contributed by atoms with van der Waals surface area (Å²) in [6.07, 6.45) is 0.728. The van der Waals surface area contributed by atoms with Gasteiger partial charge in [0, 0.05) is 28.7 Å². The fourth-order valence-corrected chi connectivity index (χ4v) is 5.74. The molecule has 2 aromatic rings. The van der Waals surface area contributed by atoms with Crippen LogP contribution in [-0.4, -0.2) is 57.3 Å². The normalized spacial score (nSPS) is 19.4. The highest BCUT2D eigenvalue weighted by molar-refractivity contribution is 6.88. The minimum absolute atomic E-state index is 0.0959. The van der Waals surface area contributed by atoms with Crippen LogP contribution in [0.3, 0.4) is 0 Å². The number of benzene rings is 1. The molecule has 1 aromatic carbocycles. The second-order valence-electron chi connectivity index (χ2n) is 9.35. The van der Waals surface area contributed by atoms with Crippen molar-refractivity contribution < 1.29 is 14.2 Å². The van der Waals surface area contributed by atoms with Crippen LogP contribution in [-0.2, 0) is 15.9 Å². The molecule has 2 atom stereocenters. The van der Waals surface area contributed by atoms with E-state index in [2.05, 4.69) is 50.6 Å². The maximum Gasteiger partial charge on any atom is 0.210 e. The predicted molar refractivity (Wildman–Crippen MR) is 132 cm³/mol. The summed E-state index contributed by atoms with van der Waals surface area (Å²) in [5.74, 6) is 2.59. The smallest absolute Gasteiger partial charge is 0.210 e. The molecule has 7 heteroatoms. The lowest BCUT2D eigenvalue weighted by Gasteiger charge is -2.28. The monoisotopic (exact) mass is 443 g/mol. The van der Waals surface area contributed by atoms with Crippen molar-refractivity contribution >= 4 is 36.1 Å². The van der Waals surface area contributed by atoms with Gasteiger partial charge in [0.1, 0.15) is 17.8 Å². The highest BCUT2D eigenvalue weighted by Gasteiger charge is 2.34. The fraction of sp³-hybridized carbons (Fsp3) is 0.583. The molecule has 1 N–H and O–H groups in total. The third-order valence-electron chi connectivity index (χ3n) is 5.56. The Morgan fingerprint density at radius 1 is 1.03 bits per heavy atom. The average molecular weight is 444 g/mol. The molecular formula is C24H37N3O3Si. The van der Waals surface area contributed by atoms with Gasteiger partial charge in [-0.2, -0.15) is 0 Å². The third-order valence-corrected chi connectivity index (χ3v) is 7.49. The summed E-state index contributed by atoms with van der Waals surface area (Å²) in [5, 5.41) is 2.55. The summed E-state index contributed by atoms with van der Waals surface area (Å²) in [6.45, 7) is 16.5. The highest BCUT2D eigenvalue weighted by Crippen LogP contribution is 2.27. The van der Waals surface area contributed by atoms with Gasteiger partial charge in [0.05, 0.1) is 28.4 Å². The highest BCUT2D eigenvalue weighted by atomic mass is 28.3. The number of hydrogen-bond donors (Lipinski definition) is 1. The summed E-state index contributed by atoms with van der Waals surface area (Å²) in [6, 6.07) is 5.96. The Morgan fingerprint density at radius 2 is 1.71 bits per heavy atom. The van der Waals surface area contributed by atoms with Crippen molar-refractivity contribution in [1.82, 2.24) is 4.98 Å². The van der Waals surface area contributed by atoms with E-state index in [0.717, 1.165) is 23.6 Å². The van der Waals surface area contributed by atoms with Crippen LogP contribution in [0.1, 0.15) is 33.3 Å². The molecule has 0 aliphatic carbocycles. The van der Waals surface area contributed by atoms with Crippen molar-refractivity contribution in [2.24, 2.45) is 15.9 Å². The standard InChI is InChI=1S/C24H37N3O3Si/c1-9-29-22-20(25-23(30-10-2)21(27-22)15(3)4)14-18-17-12-11-16(28-5)13-19(17)26-24(18)31(6,7)8/h11-13,15,20-21,26H,9-10,14H2,1-8H3/t20-,21+/m0/s1. The molecule has 0 radical (unpaired) electrons. The van der Waals surface area contributed by atoms with Crippen LogP contribution in [0.4, 0.5) is 0 Å². The van der Waals surface area contributed by atoms with Crippen LogP contribution in [0.15, 0.2) is 28.2 Å². The van der Waals surface area contributed by atoms with E-state index in [1.165, 1.54) is 16.3 Å². The Labute approximate surface area is 187 Å². The summed E-state index contributed by atoms with van der Waals surface area (Å²) in [5.41, 5.74) is 2.41. The molecule has 6 nitrogen and oxygen atoms in total. The van der Waals surface area contributed by atoms with Gasteiger partial charge in [-0.3, -0.25) is 0 Å². The number of aromatic amines is 1. The largest absolute Gasteiger partial charge is 0.497 e. The first-order valence-corrected chi connectivity index (χ1v) is 14.8. The first-order chi connectivity index (χ1) is 14.7. The van der Waals surface area contributed by atoms with E-state index in [1.54, 1.807) is 7.11 Å². The number of aliphatic imine (C=N–C) groups is 2. The van der Waals surface area contributed by atoms with Crippen molar-refractivity contribution in [2.45, 2.75) is 65.8 Å². The molecule has 0 saturated carbocycles. The molecule has 0 bridgehead atoms. The molecule has 0 saturated heterocycles. The van der Waals surface area contributed by atoms with E-state index >= 15 is 0 Å². The van der Waals surface area contributed by atoms with E-state index in [0.29, 0.717) is 25.0 Å². The second kappa shape index (κ2) is 9.47.